The highest BCUT2D eigenvalue weighted by Crippen LogP contribution is 2.23. The highest BCUT2D eigenvalue weighted by molar-refractivity contribution is 5.79. The molecule has 170 valence electrons. The zero-order valence-corrected chi connectivity index (χ0v) is 20.0. The van der Waals surface area contributed by atoms with E-state index in [0.717, 1.165) is 56.4 Å². The second-order valence-electron chi connectivity index (χ2n) is 8.80. The second kappa shape index (κ2) is 12.8. The number of guanidine groups is 1. The lowest BCUT2D eigenvalue weighted by atomic mass is 10.1. The van der Waals surface area contributed by atoms with Gasteiger partial charge in [-0.2, -0.15) is 0 Å². The molecule has 0 aliphatic carbocycles. The van der Waals surface area contributed by atoms with Crippen LogP contribution in [0.3, 0.4) is 0 Å². The summed E-state index contributed by atoms with van der Waals surface area (Å²) in [5.74, 6) is 2.43. The Balaban J connectivity index is 1.81. The van der Waals surface area contributed by atoms with Crippen molar-refractivity contribution in [3.63, 3.8) is 0 Å². The van der Waals surface area contributed by atoms with E-state index in [-0.39, 0.29) is 6.10 Å². The van der Waals surface area contributed by atoms with Gasteiger partial charge in [-0.05, 0) is 44.4 Å². The number of aryl methyl sites for hydroxylation is 1. The molecule has 1 atom stereocenters. The molecule has 0 saturated carbocycles. The summed E-state index contributed by atoms with van der Waals surface area (Å²) in [5, 5.41) is 6.90. The van der Waals surface area contributed by atoms with E-state index in [9.17, 15) is 0 Å². The zero-order valence-electron chi connectivity index (χ0n) is 20.0. The Labute approximate surface area is 184 Å². The maximum atomic E-state index is 6.27. The van der Waals surface area contributed by atoms with Gasteiger partial charge in [-0.25, -0.2) is 0 Å². The van der Waals surface area contributed by atoms with Crippen LogP contribution in [0, 0.1) is 12.8 Å². The predicted molar refractivity (Wildman–Crippen MR) is 127 cm³/mol. The number of hydrogen-bond donors (Lipinski definition) is 2. The SMILES string of the molecule is CCN1CCN(CCNC(=NC)NCc2ccc(C)cc2OC(C)CC(C)C)CC1. The highest BCUT2D eigenvalue weighted by Gasteiger charge is 2.15. The average Bonchev–Trinajstić information content (AvgIpc) is 2.71. The molecule has 0 aromatic heterocycles. The number of rotatable bonds is 10. The van der Waals surface area contributed by atoms with E-state index < -0.39 is 0 Å². The van der Waals surface area contributed by atoms with Crippen molar-refractivity contribution in [3.05, 3.63) is 29.3 Å². The lowest BCUT2D eigenvalue weighted by Crippen LogP contribution is -2.49. The molecular weight excluding hydrogens is 374 g/mol. The van der Waals surface area contributed by atoms with Crippen molar-refractivity contribution in [2.75, 3.05) is 52.9 Å². The van der Waals surface area contributed by atoms with E-state index in [4.69, 9.17) is 4.74 Å². The third kappa shape index (κ3) is 8.52. The first kappa shape index (κ1) is 24.5. The van der Waals surface area contributed by atoms with Crippen LogP contribution >= 0.6 is 0 Å². The average molecular weight is 418 g/mol. The van der Waals surface area contributed by atoms with Crippen molar-refractivity contribution < 1.29 is 4.74 Å². The van der Waals surface area contributed by atoms with Crippen LogP contribution in [-0.4, -0.2) is 74.7 Å². The van der Waals surface area contributed by atoms with Crippen molar-refractivity contribution in [1.29, 1.82) is 0 Å². The summed E-state index contributed by atoms with van der Waals surface area (Å²) in [4.78, 5) is 9.42. The Morgan fingerprint density at radius 1 is 1.10 bits per heavy atom. The molecule has 0 bridgehead atoms. The molecular formula is C24H43N5O. The predicted octanol–water partition coefficient (Wildman–Crippen LogP) is 3.11. The van der Waals surface area contributed by atoms with Crippen molar-refractivity contribution in [1.82, 2.24) is 20.4 Å². The molecule has 2 N–H and O–H groups in total. The first-order valence-corrected chi connectivity index (χ1v) is 11.6. The molecule has 1 fully saturated rings. The molecule has 1 heterocycles. The summed E-state index contributed by atoms with van der Waals surface area (Å²) in [6.45, 7) is 19.4. The minimum absolute atomic E-state index is 0.205. The normalized spacial score (nSPS) is 17.2. The van der Waals surface area contributed by atoms with Gasteiger partial charge in [0.05, 0.1) is 6.10 Å². The largest absolute Gasteiger partial charge is 0.490 e. The van der Waals surface area contributed by atoms with E-state index in [2.05, 4.69) is 78.2 Å². The summed E-state index contributed by atoms with van der Waals surface area (Å²) in [7, 11) is 1.83. The van der Waals surface area contributed by atoms with Gasteiger partial charge in [0.15, 0.2) is 5.96 Å². The monoisotopic (exact) mass is 417 g/mol. The number of benzene rings is 1. The Morgan fingerprint density at radius 3 is 2.43 bits per heavy atom. The number of nitrogens with zero attached hydrogens (tertiary/aromatic N) is 3. The van der Waals surface area contributed by atoms with Gasteiger partial charge in [-0.3, -0.25) is 9.89 Å². The number of likely N-dealkylation sites (N-methyl/N-ethyl adjacent to an activating group) is 1. The van der Waals surface area contributed by atoms with Gasteiger partial charge >= 0.3 is 0 Å². The maximum Gasteiger partial charge on any atom is 0.191 e. The van der Waals surface area contributed by atoms with Crippen LogP contribution in [0.25, 0.3) is 0 Å². The Morgan fingerprint density at radius 2 is 1.80 bits per heavy atom. The lowest BCUT2D eigenvalue weighted by molar-refractivity contribution is 0.139. The number of aliphatic imine (C=N–C) groups is 1. The molecule has 1 aromatic rings. The quantitative estimate of drug-likeness (QED) is 0.453. The number of nitrogens with one attached hydrogen (secondary N) is 2. The fourth-order valence-corrected chi connectivity index (χ4v) is 3.91. The molecule has 0 amide bonds. The van der Waals surface area contributed by atoms with Gasteiger partial charge in [0.2, 0.25) is 0 Å². The van der Waals surface area contributed by atoms with Gasteiger partial charge in [-0.1, -0.05) is 32.9 Å². The first-order valence-electron chi connectivity index (χ1n) is 11.6. The summed E-state index contributed by atoms with van der Waals surface area (Å²) in [6.07, 6.45) is 1.26. The second-order valence-corrected chi connectivity index (χ2v) is 8.80. The molecule has 1 aliphatic rings. The van der Waals surface area contributed by atoms with E-state index in [1.807, 2.05) is 7.05 Å². The minimum atomic E-state index is 0.205. The molecule has 2 rings (SSSR count). The van der Waals surface area contributed by atoms with Crippen LogP contribution in [0.5, 0.6) is 5.75 Å². The van der Waals surface area contributed by atoms with Gasteiger partial charge in [0.25, 0.3) is 0 Å². The molecule has 1 saturated heterocycles. The summed E-state index contributed by atoms with van der Waals surface area (Å²) >= 11 is 0. The van der Waals surface area contributed by atoms with Gasteiger partial charge in [-0.15, -0.1) is 0 Å². The fourth-order valence-electron chi connectivity index (χ4n) is 3.91. The van der Waals surface area contributed by atoms with Crippen LogP contribution in [0.15, 0.2) is 23.2 Å². The number of ether oxygens (including phenoxy) is 1. The Bertz CT molecular complexity index is 653. The van der Waals surface area contributed by atoms with Crippen LogP contribution in [0.4, 0.5) is 0 Å². The molecule has 1 aromatic carbocycles. The molecule has 0 spiro atoms. The molecule has 1 aliphatic heterocycles. The summed E-state index contributed by atoms with van der Waals surface area (Å²) < 4.78 is 6.27. The molecule has 6 nitrogen and oxygen atoms in total. The summed E-state index contributed by atoms with van der Waals surface area (Å²) in [5.41, 5.74) is 2.38. The zero-order chi connectivity index (χ0) is 21.9. The van der Waals surface area contributed by atoms with Gasteiger partial charge < -0.3 is 20.3 Å². The van der Waals surface area contributed by atoms with Gasteiger partial charge in [0, 0.05) is 58.4 Å². The summed E-state index contributed by atoms with van der Waals surface area (Å²) in [6, 6.07) is 6.43. The van der Waals surface area contributed by atoms with E-state index in [0.29, 0.717) is 12.5 Å². The van der Waals surface area contributed by atoms with E-state index in [1.54, 1.807) is 0 Å². The van der Waals surface area contributed by atoms with Crippen molar-refractivity contribution >= 4 is 5.96 Å². The maximum absolute atomic E-state index is 6.27. The standard InChI is InChI=1S/C24H43N5O/c1-7-28-12-14-29(15-13-28)11-10-26-24(25-6)27-18-22-9-8-20(4)17-23(22)30-21(5)16-19(2)3/h8-9,17,19,21H,7,10-16,18H2,1-6H3,(H2,25,26,27). The molecule has 0 radical (unpaired) electrons. The fraction of sp³-hybridized carbons (Fsp3) is 0.708. The molecule has 1 unspecified atom stereocenters. The van der Waals surface area contributed by atoms with Crippen LogP contribution in [-0.2, 0) is 6.54 Å². The van der Waals surface area contributed by atoms with Crippen molar-refractivity contribution in [2.45, 2.75) is 53.7 Å². The highest BCUT2D eigenvalue weighted by atomic mass is 16.5. The number of piperazine rings is 1. The Hall–Kier alpha value is -1.79. The van der Waals surface area contributed by atoms with E-state index in [1.165, 1.54) is 18.7 Å². The number of hydrogen-bond acceptors (Lipinski definition) is 4. The third-order valence-electron chi connectivity index (χ3n) is 5.66. The van der Waals surface area contributed by atoms with Crippen LogP contribution in [0.2, 0.25) is 0 Å². The molecule has 6 heteroatoms. The van der Waals surface area contributed by atoms with Gasteiger partial charge in [0.1, 0.15) is 5.75 Å². The van der Waals surface area contributed by atoms with Crippen molar-refractivity contribution in [2.24, 2.45) is 10.9 Å². The third-order valence-corrected chi connectivity index (χ3v) is 5.66. The topological polar surface area (TPSA) is 52.1 Å². The minimum Gasteiger partial charge on any atom is -0.490 e. The van der Waals surface area contributed by atoms with E-state index >= 15 is 0 Å². The molecule has 30 heavy (non-hydrogen) atoms. The lowest BCUT2D eigenvalue weighted by Gasteiger charge is -2.34. The Kier molecular flexibility index (Phi) is 10.4. The van der Waals surface area contributed by atoms with Crippen LogP contribution < -0.4 is 15.4 Å². The smallest absolute Gasteiger partial charge is 0.191 e. The van der Waals surface area contributed by atoms with Crippen molar-refractivity contribution in [3.8, 4) is 5.75 Å². The first-order chi connectivity index (χ1) is 14.4. The van der Waals surface area contributed by atoms with Crippen LogP contribution in [0.1, 0.15) is 45.2 Å².